The van der Waals surface area contributed by atoms with Crippen molar-refractivity contribution in [1.82, 2.24) is 5.32 Å². The van der Waals surface area contributed by atoms with E-state index < -0.39 is 40.6 Å². The van der Waals surface area contributed by atoms with Gasteiger partial charge in [-0.15, -0.1) is 11.8 Å². The fourth-order valence-corrected chi connectivity index (χ4v) is 12.1. The Hall–Kier alpha value is -8.07. The fourth-order valence-electron chi connectivity index (χ4n) is 10.3. The van der Waals surface area contributed by atoms with Gasteiger partial charge in [0.1, 0.15) is 22.9 Å². The van der Waals surface area contributed by atoms with Gasteiger partial charge >= 0.3 is 6.09 Å². The van der Waals surface area contributed by atoms with Crippen LogP contribution in [0.5, 0.6) is 17.2 Å². The number of alkyl carbamates (subject to hydrolysis) is 1. The third-order valence-electron chi connectivity index (χ3n) is 13.8. The maximum atomic E-state index is 16.9. The van der Waals surface area contributed by atoms with Crippen LogP contribution in [0.1, 0.15) is 47.9 Å². The van der Waals surface area contributed by atoms with Gasteiger partial charge in [-0.05, 0) is 132 Å². The second-order valence-corrected chi connectivity index (χ2v) is 21.2. The van der Waals surface area contributed by atoms with Crippen LogP contribution in [0, 0.1) is 52.9 Å². The van der Waals surface area contributed by atoms with E-state index in [4.69, 9.17) is 24.7 Å². The standard InChI is InChI=1S/C59H46F4N6O5S2/c60-54-53(55(61)57(63)58(56(54)62)64-24-26-75-76-27-25-65-59(73)74-31-40-38-14-3-1-2-4-15-39(38)40)52-47-22-20-45(68-47)50(33-9-6-12-36(71)29-33)43-18-16-41(66-43)49(32-8-5-11-35(70)28-32)42-17-19-44(67-42)51(46-21-23-48(52)69-46)34-10-7-13-37(72)30-34/h5-13,16-23,28-30,38-40,64,70-72H,3-4,14-15,24-27,31H2,(H,65,73)/t38-,39+,40?. The molecule has 0 aromatic heterocycles. The van der Waals surface area contributed by atoms with Gasteiger partial charge in [0.25, 0.3) is 0 Å². The summed E-state index contributed by atoms with van der Waals surface area (Å²) in [6.07, 6.45) is 16.5. The summed E-state index contributed by atoms with van der Waals surface area (Å²) in [4.78, 5) is 32.3. The molecule has 76 heavy (non-hydrogen) atoms. The molecule has 5 aliphatic heterocycles. The zero-order chi connectivity index (χ0) is 52.5. The molecule has 382 valence electrons. The third-order valence-corrected chi connectivity index (χ3v) is 16.2. The van der Waals surface area contributed by atoms with Gasteiger partial charge in [0.2, 0.25) is 0 Å². The second-order valence-electron chi connectivity index (χ2n) is 18.5. The number of aromatic hydroxyl groups is 3. The highest BCUT2D eigenvalue weighted by atomic mass is 33.1. The molecule has 17 heteroatoms. The molecule has 0 spiro atoms. The lowest BCUT2D eigenvalue weighted by Crippen LogP contribution is -2.27. The van der Waals surface area contributed by atoms with Gasteiger partial charge in [-0.3, -0.25) is 0 Å². The number of nitrogens with one attached hydrogen (secondary N) is 2. The molecule has 11 nitrogen and oxygen atoms in total. The molecule has 4 aromatic carbocycles. The number of phenols is 3. The quantitative estimate of drug-likeness (QED) is 0.0274. The number of rotatable bonds is 14. The molecule has 5 N–H and O–H groups in total. The molecule has 8 bridgehead atoms. The van der Waals surface area contributed by atoms with Gasteiger partial charge < -0.3 is 30.7 Å². The number of anilines is 1. The van der Waals surface area contributed by atoms with Crippen LogP contribution in [-0.4, -0.2) is 75.5 Å². The fraction of sp³-hybridized carbons (Fsp3) is 0.203. The van der Waals surface area contributed by atoms with E-state index in [-0.39, 0.29) is 57.9 Å². The molecule has 1 amide bonds. The monoisotopic (exact) mass is 1060 g/mol. The summed E-state index contributed by atoms with van der Waals surface area (Å²) in [5.41, 5.74) is 2.48. The highest BCUT2D eigenvalue weighted by Gasteiger charge is 2.49. The zero-order valence-electron chi connectivity index (χ0n) is 40.4. The van der Waals surface area contributed by atoms with Gasteiger partial charge in [-0.2, -0.15) is 0 Å². The van der Waals surface area contributed by atoms with Crippen molar-refractivity contribution in [2.75, 3.05) is 36.5 Å². The Morgan fingerprint density at radius 2 is 0.974 bits per heavy atom. The Morgan fingerprint density at radius 1 is 0.566 bits per heavy atom. The molecule has 5 heterocycles. The van der Waals surface area contributed by atoms with Crippen molar-refractivity contribution in [3.8, 4) is 29.1 Å². The average molecular weight is 1060 g/mol. The summed E-state index contributed by atoms with van der Waals surface area (Å²) in [6.45, 7) is 0.654. The van der Waals surface area contributed by atoms with Crippen LogP contribution in [0.25, 0.3) is 22.3 Å². The number of aliphatic imine (C=N–C) groups is 4. The SMILES string of the molecule is O=C(NCCSSCCNc1c(F)c(F)c(C2=C3C=CC(=N3)C(c3cccc(O)c3)=C3C=CC(=N3)C(c3cccc(O)c3)=C3C=CC(=N3)C(c3cccc(O)c3)=C3C=CC2=N3)c(F)c1F)OCC1[C@H]2CCC#CCC[C@@H]12. The lowest BCUT2D eigenvalue weighted by molar-refractivity contribution is 0.138. The van der Waals surface area contributed by atoms with Crippen molar-refractivity contribution in [3.05, 3.63) is 190 Å². The number of hydrogen-bond donors (Lipinski definition) is 5. The molecular formula is C59H46F4N6O5S2. The van der Waals surface area contributed by atoms with Crippen LogP contribution in [0.15, 0.2) is 164 Å². The van der Waals surface area contributed by atoms with Crippen molar-refractivity contribution in [2.24, 2.45) is 37.7 Å². The van der Waals surface area contributed by atoms with Gasteiger partial charge in [-0.25, -0.2) is 42.3 Å². The van der Waals surface area contributed by atoms with Crippen molar-refractivity contribution in [3.63, 3.8) is 0 Å². The number of ether oxygens (including phenoxy) is 1. The maximum Gasteiger partial charge on any atom is 0.407 e. The third kappa shape index (κ3) is 10.2. The molecule has 0 radical (unpaired) electrons. The largest absolute Gasteiger partial charge is 0.508 e. The number of benzene rings is 4. The second kappa shape index (κ2) is 21.6. The molecule has 0 saturated heterocycles. The molecule has 1 saturated carbocycles. The number of allylic oxidation sites excluding steroid dienone is 12. The van der Waals surface area contributed by atoms with E-state index in [2.05, 4.69) is 22.5 Å². The first-order valence-electron chi connectivity index (χ1n) is 24.7. The molecule has 11 rings (SSSR count). The molecule has 1 unspecified atom stereocenters. The summed E-state index contributed by atoms with van der Waals surface area (Å²) in [5, 5.41) is 37.3. The number of fused-ring (bicyclic) bond motifs is 5. The number of amides is 1. The van der Waals surface area contributed by atoms with E-state index >= 15 is 17.6 Å². The van der Waals surface area contributed by atoms with E-state index in [0.29, 0.717) is 92.9 Å². The minimum absolute atomic E-state index is 0.0108. The van der Waals surface area contributed by atoms with E-state index in [1.807, 2.05) is 6.07 Å². The highest BCUT2D eigenvalue weighted by molar-refractivity contribution is 8.76. The number of phenolic OH excluding ortho intramolecular Hbond substituents is 3. The van der Waals surface area contributed by atoms with E-state index in [1.165, 1.54) is 58.0 Å². The molecular weight excluding hydrogens is 1010 g/mol. The Labute approximate surface area is 442 Å². The molecule has 4 aromatic rings. The van der Waals surface area contributed by atoms with Crippen LogP contribution in [-0.2, 0) is 4.74 Å². The summed E-state index contributed by atoms with van der Waals surface area (Å²) in [7, 11) is 2.75. The molecule has 1 fully saturated rings. The van der Waals surface area contributed by atoms with E-state index in [9.17, 15) is 20.1 Å². The van der Waals surface area contributed by atoms with Crippen molar-refractivity contribution >= 4 is 78.5 Å². The van der Waals surface area contributed by atoms with Gasteiger partial charge in [-0.1, -0.05) is 58.0 Å². The van der Waals surface area contributed by atoms with Crippen molar-refractivity contribution in [2.45, 2.75) is 25.7 Å². The summed E-state index contributed by atoms with van der Waals surface area (Å²) in [5.74, 6) is 1.87. The van der Waals surface area contributed by atoms with Crippen molar-refractivity contribution in [1.29, 1.82) is 0 Å². The Bertz CT molecular complexity index is 3500. The van der Waals surface area contributed by atoms with Crippen LogP contribution in [0.2, 0.25) is 0 Å². The summed E-state index contributed by atoms with van der Waals surface area (Å²) >= 11 is 0. The predicted molar refractivity (Wildman–Crippen MR) is 294 cm³/mol. The van der Waals surface area contributed by atoms with Gasteiger partial charge in [0.05, 0.1) is 57.8 Å². The predicted octanol–water partition coefficient (Wildman–Crippen LogP) is 12.3. The van der Waals surface area contributed by atoms with Gasteiger partial charge in [0.15, 0.2) is 23.3 Å². The lowest BCUT2D eigenvalue weighted by atomic mass is 9.96. The Morgan fingerprint density at radius 3 is 1.41 bits per heavy atom. The lowest BCUT2D eigenvalue weighted by Gasteiger charge is -2.16. The van der Waals surface area contributed by atoms with E-state index in [0.717, 1.165) is 25.7 Å². The number of nitrogens with zero attached hydrogens (tertiary/aromatic N) is 4. The van der Waals surface area contributed by atoms with E-state index in [1.54, 1.807) is 78.9 Å². The minimum Gasteiger partial charge on any atom is -0.508 e. The molecule has 7 aliphatic rings. The normalized spacial score (nSPS) is 20.0. The van der Waals surface area contributed by atoms with Crippen LogP contribution >= 0.6 is 21.6 Å². The first-order valence-corrected chi connectivity index (χ1v) is 27.1. The Kier molecular flexibility index (Phi) is 14.3. The minimum atomic E-state index is -1.69. The topological polar surface area (TPSA) is 160 Å². The van der Waals surface area contributed by atoms with Gasteiger partial charge in [0, 0.05) is 59.7 Å². The average Bonchev–Trinajstić information content (AvgIpc) is 4.13. The zero-order valence-corrected chi connectivity index (χ0v) is 42.1. The molecule has 2 aliphatic carbocycles. The number of carbonyl (C=O) groups is 1. The van der Waals surface area contributed by atoms with Crippen molar-refractivity contribution < 1.29 is 42.4 Å². The molecule has 3 atom stereocenters. The van der Waals surface area contributed by atoms with Crippen LogP contribution in [0.3, 0.4) is 0 Å². The number of carbonyl (C=O) groups excluding carboxylic acids is 1. The maximum absolute atomic E-state index is 16.9. The van der Waals surface area contributed by atoms with Crippen LogP contribution < -0.4 is 10.6 Å². The smallest absolute Gasteiger partial charge is 0.407 e. The first-order chi connectivity index (χ1) is 37.0. The Balaban J connectivity index is 0.911. The highest BCUT2D eigenvalue weighted by Crippen LogP contribution is 2.52. The number of hydrogen-bond acceptors (Lipinski definition) is 12. The van der Waals surface area contributed by atoms with Crippen LogP contribution in [0.4, 0.5) is 28.0 Å². The summed E-state index contributed by atoms with van der Waals surface area (Å²) in [6, 6.07) is 19.4. The number of halogens is 4. The summed E-state index contributed by atoms with van der Waals surface area (Å²) < 4.78 is 72.1. The first kappa shape index (κ1) is 50.1.